The maximum Gasteiger partial charge on any atom is 0.0635 e. The Hall–Kier alpha value is -1.33. The quantitative estimate of drug-likeness (QED) is 0.736. The maximum absolute atomic E-state index is 8.36. The van der Waals surface area contributed by atoms with Crippen LogP contribution in [0.3, 0.4) is 0 Å². The zero-order valence-electron chi connectivity index (χ0n) is 8.80. The first-order valence-electron chi connectivity index (χ1n) is 4.87. The van der Waals surface area contributed by atoms with Crippen molar-refractivity contribution in [3.05, 3.63) is 34.9 Å². The molecule has 0 aliphatic heterocycles. The van der Waals surface area contributed by atoms with E-state index >= 15 is 0 Å². The normalized spacial score (nSPS) is 9.79. The average Bonchev–Trinajstić information content (AvgIpc) is 2.11. The standard InChI is InChI=1S/C12H16N2/c1-10-6-11(2)8-12(7-10)9-14-5-3-4-13/h6-8,14H,3,5,9H2,1-2H3. The van der Waals surface area contributed by atoms with Gasteiger partial charge in [-0.2, -0.15) is 5.26 Å². The second-order valence-electron chi connectivity index (χ2n) is 3.58. The van der Waals surface area contributed by atoms with Crippen LogP contribution in [0.2, 0.25) is 0 Å². The smallest absolute Gasteiger partial charge is 0.0635 e. The van der Waals surface area contributed by atoms with Crippen LogP contribution in [0, 0.1) is 25.2 Å². The van der Waals surface area contributed by atoms with Gasteiger partial charge in [-0.1, -0.05) is 29.3 Å². The molecule has 0 spiro atoms. The van der Waals surface area contributed by atoms with Crippen molar-refractivity contribution in [3.8, 4) is 6.07 Å². The predicted molar refractivity (Wildman–Crippen MR) is 57.9 cm³/mol. The fraction of sp³-hybridized carbons (Fsp3) is 0.417. The molecule has 0 atom stereocenters. The van der Waals surface area contributed by atoms with Crippen molar-refractivity contribution in [2.45, 2.75) is 26.8 Å². The third kappa shape index (κ3) is 3.59. The monoisotopic (exact) mass is 188 g/mol. The van der Waals surface area contributed by atoms with E-state index in [4.69, 9.17) is 5.26 Å². The van der Waals surface area contributed by atoms with E-state index in [2.05, 4.69) is 43.4 Å². The lowest BCUT2D eigenvalue weighted by molar-refractivity contribution is 0.698. The Kier molecular flexibility index (Phi) is 4.15. The first-order valence-corrected chi connectivity index (χ1v) is 4.87. The highest BCUT2D eigenvalue weighted by Crippen LogP contribution is 2.08. The van der Waals surface area contributed by atoms with Gasteiger partial charge in [0, 0.05) is 19.5 Å². The van der Waals surface area contributed by atoms with Crippen LogP contribution in [0.1, 0.15) is 23.1 Å². The molecule has 1 N–H and O–H groups in total. The summed E-state index contributed by atoms with van der Waals surface area (Å²) in [5, 5.41) is 11.6. The second-order valence-corrected chi connectivity index (χ2v) is 3.58. The molecule has 2 heteroatoms. The van der Waals surface area contributed by atoms with E-state index in [9.17, 15) is 0 Å². The van der Waals surface area contributed by atoms with Crippen LogP contribution in [0.15, 0.2) is 18.2 Å². The number of nitrogens with one attached hydrogen (secondary N) is 1. The minimum absolute atomic E-state index is 0.574. The summed E-state index contributed by atoms with van der Waals surface area (Å²) in [6, 6.07) is 8.63. The maximum atomic E-state index is 8.36. The number of nitriles is 1. The van der Waals surface area contributed by atoms with Crippen molar-refractivity contribution >= 4 is 0 Å². The number of nitrogens with zero attached hydrogens (tertiary/aromatic N) is 1. The van der Waals surface area contributed by atoms with Gasteiger partial charge in [-0.25, -0.2) is 0 Å². The number of benzene rings is 1. The Morgan fingerprint density at radius 2 is 1.86 bits per heavy atom. The summed E-state index contributed by atoms with van der Waals surface area (Å²) in [5.74, 6) is 0. The van der Waals surface area contributed by atoms with Crippen LogP contribution < -0.4 is 5.32 Å². The van der Waals surface area contributed by atoms with E-state index < -0.39 is 0 Å². The molecule has 0 aliphatic rings. The van der Waals surface area contributed by atoms with E-state index in [1.165, 1.54) is 16.7 Å². The van der Waals surface area contributed by atoms with Gasteiger partial charge in [0.2, 0.25) is 0 Å². The average molecular weight is 188 g/mol. The molecule has 14 heavy (non-hydrogen) atoms. The van der Waals surface area contributed by atoms with E-state index in [0.717, 1.165) is 13.1 Å². The first-order chi connectivity index (χ1) is 6.72. The van der Waals surface area contributed by atoms with Crippen molar-refractivity contribution in [3.63, 3.8) is 0 Å². The van der Waals surface area contributed by atoms with Gasteiger partial charge in [-0.05, 0) is 19.4 Å². The highest BCUT2D eigenvalue weighted by atomic mass is 14.8. The van der Waals surface area contributed by atoms with Gasteiger partial charge >= 0.3 is 0 Å². The van der Waals surface area contributed by atoms with Crippen molar-refractivity contribution in [2.24, 2.45) is 0 Å². The van der Waals surface area contributed by atoms with E-state index in [0.29, 0.717) is 6.42 Å². The predicted octanol–water partition coefficient (Wildman–Crippen LogP) is 2.31. The molecule has 0 radical (unpaired) electrons. The van der Waals surface area contributed by atoms with Crippen molar-refractivity contribution < 1.29 is 0 Å². The van der Waals surface area contributed by atoms with Crippen LogP contribution >= 0.6 is 0 Å². The summed E-state index contributed by atoms with van der Waals surface area (Å²) in [6.45, 7) is 5.82. The largest absolute Gasteiger partial charge is 0.312 e. The van der Waals surface area contributed by atoms with Crippen LogP contribution in [-0.4, -0.2) is 6.54 Å². The molecule has 1 aromatic rings. The van der Waals surface area contributed by atoms with Gasteiger partial charge < -0.3 is 5.32 Å². The zero-order chi connectivity index (χ0) is 10.4. The van der Waals surface area contributed by atoms with Crippen molar-refractivity contribution in [1.82, 2.24) is 5.32 Å². The molecule has 0 heterocycles. The van der Waals surface area contributed by atoms with E-state index in [-0.39, 0.29) is 0 Å². The van der Waals surface area contributed by atoms with Gasteiger partial charge in [0.05, 0.1) is 6.07 Å². The highest BCUT2D eigenvalue weighted by molar-refractivity contribution is 5.28. The molecule has 0 unspecified atom stereocenters. The Morgan fingerprint density at radius 3 is 2.43 bits per heavy atom. The van der Waals surface area contributed by atoms with Gasteiger partial charge in [0.15, 0.2) is 0 Å². The van der Waals surface area contributed by atoms with Crippen molar-refractivity contribution in [2.75, 3.05) is 6.54 Å². The van der Waals surface area contributed by atoms with Crippen molar-refractivity contribution in [1.29, 1.82) is 5.26 Å². The van der Waals surface area contributed by atoms with Crippen LogP contribution in [0.5, 0.6) is 0 Å². The molecule has 0 aliphatic carbocycles. The molecular weight excluding hydrogens is 172 g/mol. The van der Waals surface area contributed by atoms with Gasteiger partial charge in [0.25, 0.3) is 0 Å². The third-order valence-electron chi connectivity index (χ3n) is 2.02. The second kappa shape index (κ2) is 5.41. The fourth-order valence-corrected chi connectivity index (χ4v) is 1.55. The molecule has 0 bridgehead atoms. The molecule has 1 rings (SSSR count). The molecule has 0 fully saturated rings. The Bertz CT molecular complexity index is 316. The lowest BCUT2D eigenvalue weighted by atomic mass is 10.1. The van der Waals surface area contributed by atoms with Gasteiger partial charge in [-0.3, -0.25) is 0 Å². The Morgan fingerprint density at radius 1 is 1.21 bits per heavy atom. The number of hydrogen-bond acceptors (Lipinski definition) is 2. The fourth-order valence-electron chi connectivity index (χ4n) is 1.55. The molecule has 0 amide bonds. The lowest BCUT2D eigenvalue weighted by Crippen LogP contribution is -2.14. The first kappa shape index (κ1) is 10.7. The summed E-state index contributed by atoms with van der Waals surface area (Å²) >= 11 is 0. The Balaban J connectivity index is 2.47. The minimum Gasteiger partial charge on any atom is -0.312 e. The van der Waals surface area contributed by atoms with Gasteiger partial charge in [-0.15, -0.1) is 0 Å². The van der Waals surface area contributed by atoms with E-state index in [1.54, 1.807) is 0 Å². The van der Waals surface area contributed by atoms with Crippen LogP contribution in [0.4, 0.5) is 0 Å². The van der Waals surface area contributed by atoms with Crippen LogP contribution in [0.25, 0.3) is 0 Å². The third-order valence-corrected chi connectivity index (χ3v) is 2.02. The Labute approximate surface area is 85.6 Å². The molecular formula is C12H16N2. The molecule has 74 valence electrons. The summed E-state index contributed by atoms with van der Waals surface area (Å²) in [6.07, 6.45) is 0.574. The number of aryl methyl sites for hydroxylation is 2. The molecule has 0 saturated heterocycles. The highest BCUT2D eigenvalue weighted by Gasteiger charge is 1.95. The van der Waals surface area contributed by atoms with E-state index in [1.807, 2.05) is 0 Å². The molecule has 0 aromatic heterocycles. The minimum atomic E-state index is 0.574. The summed E-state index contributed by atoms with van der Waals surface area (Å²) < 4.78 is 0. The number of hydrogen-bond donors (Lipinski definition) is 1. The topological polar surface area (TPSA) is 35.8 Å². The zero-order valence-corrected chi connectivity index (χ0v) is 8.80. The lowest BCUT2D eigenvalue weighted by Gasteiger charge is -2.05. The molecule has 1 aromatic carbocycles. The molecule has 2 nitrogen and oxygen atoms in total. The molecule has 0 saturated carbocycles. The summed E-state index contributed by atoms with van der Waals surface area (Å²) in [5.41, 5.74) is 3.88. The SMILES string of the molecule is Cc1cc(C)cc(CNCCC#N)c1. The van der Waals surface area contributed by atoms with Crippen LogP contribution in [-0.2, 0) is 6.54 Å². The summed E-state index contributed by atoms with van der Waals surface area (Å²) in [4.78, 5) is 0. The summed E-state index contributed by atoms with van der Waals surface area (Å²) in [7, 11) is 0. The van der Waals surface area contributed by atoms with Gasteiger partial charge in [0.1, 0.15) is 0 Å². The number of rotatable bonds is 4.